The first-order valence-corrected chi connectivity index (χ1v) is 6.60. The largest absolute Gasteiger partial charge is 0.444 e. The Morgan fingerprint density at radius 2 is 2.16 bits per heavy atom. The van der Waals surface area contributed by atoms with Gasteiger partial charge < -0.3 is 14.6 Å². The third-order valence-electron chi connectivity index (χ3n) is 3.55. The van der Waals surface area contributed by atoms with E-state index in [-0.39, 0.29) is 12.1 Å². The lowest BCUT2D eigenvalue weighted by atomic mass is 10.0. The topological polar surface area (TPSA) is 58.4 Å². The molecule has 104 valence electrons. The van der Waals surface area contributed by atoms with Crippen molar-refractivity contribution in [3.05, 3.63) is 29.0 Å². The molecule has 0 aliphatic carbocycles. The van der Waals surface area contributed by atoms with Crippen LogP contribution < -0.4 is 5.32 Å². The zero-order valence-electron chi connectivity index (χ0n) is 12.0. The number of urea groups is 1. The first kappa shape index (κ1) is 13.6. The van der Waals surface area contributed by atoms with Crippen LogP contribution in [0.25, 0.3) is 0 Å². The van der Waals surface area contributed by atoms with E-state index in [4.69, 9.17) is 4.42 Å². The number of oxazole rings is 1. The first-order valence-electron chi connectivity index (χ1n) is 6.60. The van der Waals surface area contributed by atoms with Crippen LogP contribution in [-0.2, 0) is 0 Å². The fraction of sp³-hybridized carbons (Fsp3) is 0.571. The van der Waals surface area contributed by atoms with Gasteiger partial charge in [0.1, 0.15) is 11.8 Å². The molecular weight excluding hydrogens is 242 g/mol. The summed E-state index contributed by atoms with van der Waals surface area (Å²) in [5.74, 6) is 1.30. The van der Waals surface area contributed by atoms with Crippen molar-refractivity contribution in [3.63, 3.8) is 0 Å². The molecule has 2 amide bonds. The summed E-state index contributed by atoms with van der Waals surface area (Å²) in [6, 6.07) is -0.274. The monoisotopic (exact) mass is 263 g/mol. The van der Waals surface area contributed by atoms with Gasteiger partial charge in [-0.3, -0.25) is 0 Å². The van der Waals surface area contributed by atoms with Gasteiger partial charge in [-0.2, -0.15) is 0 Å². The summed E-state index contributed by atoms with van der Waals surface area (Å²) in [6.45, 7) is 9.40. The highest BCUT2D eigenvalue weighted by atomic mass is 16.4. The molecule has 2 heterocycles. The van der Waals surface area contributed by atoms with E-state index in [9.17, 15) is 4.79 Å². The van der Waals surface area contributed by atoms with Crippen molar-refractivity contribution in [1.82, 2.24) is 15.2 Å². The van der Waals surface area contributed by atoms with Crippen LogP contribution in [0.2, 0.25) is 0 Å². The molecule has 0 saturated carbocycles. The Hall–Kier alpha value is -1.78. The van der Waals surface area contributed by atoms with Crippen LogP contribution in [0.1, 0.15) is 44.9 Å². The summed E-state index contributed by atoms with van der Waals surface area (Å²) in [6.07, 6.45) is 2.61. The number of aromatic nitrogens is 1. The minimum absolute atomic E-state index is 0.0600. The molecule has 0 spiro atoms. The number of carbonyl (C=O) groups excluding carboxylic acids is 1. The van der Waals surface area contributed by atoms with Crippen LogP contribution in [0.5, 0.6) is 0 Å². The second kappa shape index (κ2) is 5.47. The number of nitrogens with one attached hydrogen (secondary N) is 1. The van der Waals surface area contributed by atoms with Crippen molar-refractivity contribution in [2.24, 2.45) is 0 Å². The number of carbonyl (C=O) groups is 1. The van der Waals surface area contributed by atoms with Gasteiger partial charge in [0.25, 0.3) is 0 Å². The van der Waals surface area contributed by atoms with Crippen LogP contribution >= 0.6 is 0 Å². The smallest absolute Gasteiger partial charge is 0.318 e. The van der Waals surface area contributed by atoms with Gasteiger partial charge in [0.05, 0.1) is 6.20 Å². The molecule has 1 N–H and O–H groups in total. The lowest BCUT2D eigenvalue weighted by molar-refractivity contribution is 0.194. The van der Waals surface area contributed by atoms with Crippen molar-refractivity contribution in [3.8, 4) is 0 Å². The highest BCUT2D eigenvalue weighted by Crippen LogP contribution is 2.18. The summed E-state index contributed by atoms with van der Waals surface area (Å²) < 4.78 is 5.42. The standard InChI is InChI=1S/C14H21N3O2/c1-9-5-6-17(8-10(9)2)14(18)16-12(4)13-15-7-11(3)19-13/h7,12H,5-6,8H2,1-4H3,(H,16,18). The number of amides is 2. The number of hydrogen-bond donors (Lipinski definition) is 1. The molecule has 5 heteroatoms. The molecule has 1 atom stereocenters. The fourth-order valence-electron chi connectivity index (χ4n) is 2.10. The molecule has 0 fully saturated rings. The van der Waals surface area contributed by atoms with Crippen molar-refractivity contribution in [2.45, 2.75) is 40.2 Å². The van der Waals surface area contributed by atoms with Crippen LogP contribution in [0, 0.1) is 6.92 Å². The summed E-state index contributed by atoms with van der Waals surface area (Å²) in [5, 5.41) is 2.92. The summed E-state index contributed by atoms with van der Waals surface area (Å²) in [5.41, 5.74) is 2.67. The first-order chi connectivity index (χ1) is 8.97. The van der Waals surface area contributed by atoms with E-state index in [2.05, 4.69) is 24.1 Å². The molecule has 19 heavy (non-hydrogen) atoms. The van der Waals surface area contributed by atoms with Crippen LogP contribution in [0.4, 0.5) is 4.79 Å². The second-order valence-electron chi connectivity index (χ2n) is 5.21. The van der Waals surface area contributed by atoms with Gasteiger partial charge in [-0.1, -0.05) is 11.1 Å². The van der Waals surface area contributed by atoms with Gasteiger partial charge in [0, 0.05) is 13.1 Å². The fourth-order valence-corrected chi connectivity index (χ4v) is 2.10. The van der Waals surface area contributed by atoms with Gasteiger partial charge in [0.2, 0.25) is 5.89 Å². The van der Waals surface area contributed by atoms with Crippen LogP contribution in [0.15, 0.2) is 21.8 Å². The zero-order chi connectivity index (χ0) is 14.0. The number of aryl methyl sites for hydroxylation is 1. The molecule has 1 aromatic rings. The molecule has 5 nitrogen and oxygen atoms in total. The van der Waals surface area contributed by atoms with Crippen molar-refractivity contribution >= 4 is 6.03 Å². The van der Waals surface area contributed by atoms with Gasteiger partial charge in [-0.25, -0.2) is 9.78 Å². The SMILES string of the molecule is CC1=C(C)CN(C(=O)NC(C)c2ncc(C)o2)CC1. The maximum Gasteiger partial charge on any atom is 0.318 e. The Bertz CT molecular complexity index is 505. The van der Waals surface area contributed by atoms with E-state index in [1.807, 2.05) is 18.7 Å². The average Bonchev–Trinajstić information content (AvgIpc) is 2.79. The highest BCUT2D eigenvalue weighted by molar-refractivity contribution is 5.75. The van der Waals surface area contributed by atoms with Crippen LogP contribution in [0.3, 0.4) is 0 Å². The van der Waals surface area contributed by atoms with Crippen molar-refractivity contribution < 1.29 is 9.21 Å². The molecule has 0 bridgehead atoms. The summed E-state index contributed by atoms with van der Waals surface area (Å²) >= 11 is 0. The average molecular weight is 263 g/mol. The predicted octanol–water partition coefficient (Wildman–Crippen LogP) is 2.80. The van der Waals surface area contributed by atoms with E-state index in [1.54, 1.807) is 6.20 Å². The minimum atomic E-state index is -0.214. The van der Waals surface area contributed by atoms with Gasteiger partial charge in [-0.15, -0.1) is 0 Å². The Labute approximate surface area is 113 Å². The van der Waals surface area contributed by atoms with Crippen molar-refractivity contribution in [1.29, 1.82) is 0 Å². The molecule has 1 aromatic heterocycles. The van der Waals surface area contributed by atoms with Gasteiger partial charge >= 0.3 is 6.03 Å². The molecule has 0 aromatic carbocycles. The lowest BCUT2D eigenvalue weighted by Gasteiger charge is -2.29. The minimum Gasteiger partial charge on any atom is -0.444 e. The second-order valence-corrected chi connectivity index (χ2v) is 5.21. The molecule has 0 saturated heterocycles. The predicted molar refractivity (Wildman–Crippen MR) is 72.8 cm³/mol. The Kier molecular flexibility index (Phi) is 3.93. The van der Waals surface area contributed by atoms with Crippen LogP contribution in [-0.4, -0.2) is 29.0 Å². The Morgan fingerprint density at radius 1 is 1.42 bits per heavy atom. The summed E-state index contributed by atoms with van der Waals surface area (Å²) in [4.78, 5) is 18.1. The van der Waals surface area contributed by atoms with E-state index in [1.165, 1.54) is 11.1 Å². The molecule has 1 aliphatic rings. The zero-order valence-corrected chi connectivity index (χ0v) is 12.0. The normalized spacial score (nSPS) is 17.6. The number of nitrogens with zero attached hydrogens (tertiary/aromatic N) is 2. The van der Waals surface area contributed by atoms with E-state index < -0.39 is 0 Å². The molecule has 0 radical (unpaired) electrons. The summed E-state index contributed by atoms with van der Waals surface area (Å²) in [7, 11) is 0. The van der Waals surface area contributed by atoms with E-state index >= 15 is 0 Å². The maximum atomic E-state index is 12.2. The molecule has 2 rings (SSSR count). The van der Waals surface area contributed by atoms with E-state index in [0.29, 0.717) is 12.4 Å². The molecule has 1 unspecified atom stereocenters. The lowest BCUT2D eigenvalue weighted by Crippen LogP contribution is -2.44. The quantitative estimate of drug-likeness (QED) is 0.835. The van der Waals surface area contributed by atoms with E-state index in [0.717, 1.165) is 18.7 Å². The van der Waals surface area contributed by atoms with Gasteiger partial charge in [0.15, 0.2) is 0 Å². The molecule has 1 aliphatic heterocycles. The third-order valence-corrected chi connectivity index (χ3v) is 3.55. The number of hydrogen-bond acceptors (Lipinski definition) is 3. The maximum absolute atomic E-state index is 12.2. The van der Waals surface area contributed by atoms with Gasteiger partial charge in [-0.05, 0) is 34.1 Å². The number of rotatable bonds is 2. The highest BCUT2D eigenvalue weighted by Gasteiger charge is 2.22. The molecular formula is C14H21N3O2. The Morgan fingerprint density at radius 3 is 2.74 bits per heavy atom. The third kappa shape index (κ3) is 3.16. The Balaban J connectivity index is 1.95. The van der Waals surface area contributed by atoms with Crippen molar-refractivity contribution in [2.75, 3.05) is 13.1 Å².